The number of aromatic nitrogens is 2. The zero-order valence-electron chi connectivity index (χ0n) is 14.3. The number of nitrogens with two attached hydrogens (primary N) is 1. The summed E-state index contributed by atoms with van der Waals surface area (Å²) in [6, 6.07) is 17.0. The molecule has 2 aromatic carbocycles. The van der Waals surface area contributed by atoms with E-state index in [-0.39, 0.29) is 0 Å². The van der Waals surface area contributed by atoms with Crippen LogP contribution in [0.15, 0.2) is 54.7 Å². The number of hydrogen-bond donors (Lipinski definition) is 3. The second kappa shape index (κ2) is 6.57. The zero-order valence-corrected chi connectivity index (χ0v) is 14.3. The number of nitrogens with one attached hydrogen (secondary N) is 2. The Labute approximate surface area is 147 Å². The van der Waals surface area contributed by atoms with Gasteiger partial charge >= 0.3 is 0 Å². The molecule has 4 aromatic rings. The van der Waals surface area contributed by atoms with Crippen molar-refractivity contribution >= 4 is 27.6 Å². The Hall–Kier alpha value is -2.85. The number of rotatable bonds is 5. The highest BCUT2D eigenvalue weighted by Crippen LogP contribution is 2.37. The molecule has 0 aliphatic carbocycles. The zero-order chi connectivity index (χ0) is 17.2. The fourth-order valence-electron chi connectivity index (χ4n) is 3.36. The van der Waals surface area contributed by atoms with Crippen molar-refractivity contribution < 1.29 is 0 Å². The molecule has 0 aliphatic heterocycles. The topological polar surface area (TPSA) is 66.7 Å². The number of fused-ring (bicyclic) bond motifs is 3. The van der Waals surface area contributed by atoms with Crippen LogP contribution in [0.3, 0.4) is 0 Å². The van der Waals surface area contributed by atoms with E-state index < -0.39 is 0 Å². The van der Waals surface area contributed by atoms with Crippen molar-refractivity contribution in [3.63, 3.8) is 0 Å². The van der Waals surface area contributed by atoms with Gasteiger partial charge in [0.15, 0.2) is 0 Å². The highest BCUT2D eigenvalue weighted by Gasteiger charge is 2.13. The molecule has 0 fully saturated rings. The standard InChI is InChI=1S/C21H22N4/c1-14-7-8-15(19(13-14)23-11-4-10-22)16-9-12-24-21-20(16)17-5-2-3-6-18(17)25-21/h2-3,5-9,12-13,23H,4,10-11,22H2,1H3,(H,24,25). The lowest BCUT2D eigenvalue weighted by molar-refractivity contribution is 0.874. The maximum absolute atomic E-state index is 5.64. The summed E-state index contributed by atoms with van der Waals surface area (Å²) in [6.07, 6.45) is 2.82. The lowest BCUT2D eigenvalue weighted by Crippen LogP contribution is -2.09. The number of benzene rings is 2. The van der Waals surface area contributed by atoms with Crippen molar-refractivity contribution in [2.75, 3.05) is 18.4 Å². The van der Waals surface area contributed by atoms with Gasteiger partial charge in [-0.3, -0.25) is 0 Å². The van der Waals surface area contributed by atoms with Gasteiger partial charge in [0.1, 0.15) is 5.65 Å². The Morgan fingerprint density at radius 1 is 1.08 bits per heavy atom. The maximum atomic E-state index is 5.64. The molecule has 4 N–H and O–H groups in total. The number of anilines is 1. The fraction of sp³-hybridized carbons (Fsp3) is 0.190. The smallest absolute Gasteiger partial charge is 0.138 e. The largest absolute Gasteiger partial charge is 0.384 e. The van der Waals surface area contributed by atoms with E-state index in [1.54, 1.807) is 0 Å². The van der Waals surface area contributed by atoms with Crippen LogP contribution in [0, 0.1) is 6.92 Å². The third kappa shape index (κ3) is 2.85. The van der Waals surface area contributed by atoms with Crippen LogP contribution in [-0.2, 0) is 0 Å². The van der Waals surface area contributed by atoms with Crippen LogP contribution in [0.2, 0.25) is 0 Å². The molecule has 4 nitrogen and oxygen atoms in total. The van der Waals surface area contributed by atoms with Crippen LogP contribution in [-0.4, -0.2) is 23.1 Å². The minimum atomic E-state index is 0.691. The van der Waals surface area contributed by atoms with Crippen molar-refractivity contribution in [2.24, 2.45) is 5.73 Å². The number of H-pyrrole nitrogens is 1. The van der Waals surface area contributed by atoms with E-state index in [0.717, 1.165) is 29.8 Å². The summed E-state index contributed by atoms with van der Waals surface area (Å²) in [5.74, 6) is 0. The van der Waals surface area contributed by atoms with Crippen LogP contribution in [0.5, 0.6) is 0 Å². The van der Waals surface area contributed by atoms with Crippen molar-refractivity contribution in [1.29, 1.82) is 0 Å². The maximum Gasteiger partial charge on any atom is 0.138 e. The summed E-state index contributed by atoms with van der Waals surface area (Å²) in [4.78, 5) is 7.96. The monoisotopic (exact) mass is 330 g/mol. The fourth-order valence-corrected chi connectivity index (χ4v) is 3.36. The molecule has 4 rings (SSSR count). The van der Waals surface area contributed by atoms with Crippen molar-refractivity contribution in [3.05, 3.63) is 60.3 Å². The normalized spacial score (nSPS) is 11.3. The average Bonchev–Trinajstić information content (AvgIpc) is 3.01. The van der Waals surface area contributed by atoms with Crippen LogP contribution in [0.1, 0.15) is 12.0 Å². The molecule has 2 aromatic heterocycles. The molecule has 0 saturated carbocycles. The Balaban J connectivity index is 1.92. The average molecular weight is 330 g/mol. The first-order valence-corrected chi connectivity index (χ1v) is 8.68. The van der Waals surface area contributed by atoms with Gasteiger partial charge in [-0.25, -0.2) is 4.98 Å². The van der Waals surface area contributed by atoms with Gasteiger partial charge in [0.25, 0.3) is 0 Å². The van der Waals surface area contributed by atoms with Gasteiger partial charge in [-0.1, -0.05) is 30.3 Å². The molecule has 0 amide bonds. The molecule has 4 heteroatoms. The van der Waals surface area contributed by atoms with E-state index >= 15 is 0 Å². The van der Waals surface area contributed by atoms with Crippen molar-refractivity contribution in [1.82, 2.24) is 9.97 Å². The van der Waals surface area contributed by atoms with Gasteiger partial charge in [0.2, 0.25) is 0 Å². The molecule has 25 heavy (non-hydrogen) atoms. The van der Waals surface area contributed by atoms with Crippen LogP contribution < -0.4 is 11.1 Å². The number of nitrogens with zero attached hydrogens (tertiary/aromatic N) is 1. The van der Waals surface area contributed by atoms with Gasteiger partial charge in [0.05, 0.1) is 0 Å². The summed E-state index contributed by atoms with van der Waals surface area (Å²) < 4.78 is 0. The molecular formula is C21H22N4. The second-order valence-corrected chi connectivity index (χ2v) is 6.37. The SMILES string of the molecule is Cc1ccc(-c2ccnc3[nH]c4ccccc4c23)c(NCCCN)c1. The van der Waals surface area contributed by atoms with Crippen molar-refractivity contribution in [3.8, 4) is 11.1 Å². The van der Waals surface area contributed by atoms with Crippen LogP contribution in [0.4, 0.5) is 5.69 Å². The molecular weight excluding hydrogens is 308 g/mol. The first-order chi connectivity index (χ1) is 12.3. The highest BCUT2D eigenvalue weighted by molar-refractivity contribution is 6.13. The van der Waals surface area contributed by atoms with Gasteiger partial charge < -0.3 is 16.0 Å². The Kier molecular flexibility index (Phi) is 4.12. The molecule has 0 unspecified atom stereocenters. The van der Waals surface area contributed by atoms with E-state index in [1.165, 1.54) is 27.5 Å². The molecule has 0 saturated heterocycles. The number of aromatic amines is 1. The molecule has 2 heterocycles. The first-order valence-electron chi connectivity index (χ1n) is 8.68. The number of pyridine rings is 1. The summed E-state index contributed by atoms with van der Waals surface area (Å²) in [6.45, 7) is 3.68. The molecule has 0 radical (unpaired) electrons. The van der Waals surface area contributed by atoms with Gasteiger partial charge in [-0.05, 0) is 49.2 Å². The number of aryl methyl sites for hydroxylation is 1. The van der Waals surface area contributed by atoms with E-state index in [9.17, 15) is 0 Å². The minimum Gasteiger partial charge on any atom is -0.384 e. The quantitative estimate of drug-likeness (QED) is 0.474. The van der Waals surface area contributed by atoms with E-state index in [4.69, 9.17) is 5.73 Å². The predicted octanol–water partition coefficient (Wildman–Crippen LogP) is 4.45. The highest BCUT2D eigenvalue weighted by atomic mass is 14.9. The predicted molar refractivity (Wildman–Crippen MR) is 106 cm³/mol. The summed E-state index contributed by atoms with van der Waals surface area (Å²) >= 11 is 0. The molecule has 0 bridgehead atoms. The Bertz CT molecular complexity index is 1030. The van der Waals surface area contributed by atoms with Gasteiger partial charge in [-0.2, -0.15) is 0 Å². The van der Waals surface area contributed by atoms with Gasteiger partial charge in [0, 0.05) is 40.3 Å². The Morgan fingerprint density at radius 2 is 1.96 bits per heavy atom. The number of hydrogen-bond acceptors (Lipinski definition) is 3. The third-order valence-electron chi connectivity index (χ3n) is 4.56. The summed E-state index contributed by atoms with van der Waals surface area (Å²) in [5.41, 5.74) is 12.4. The van der Waals surface area contributed by atoms with Crippen LogP contribution >= 0.6 is 0 Å². The lowest BCUT2D eigenvalue weighted by atomic mass is 9.98. The van der Waals surface area contributed by atoms with Crippen LogP contribution in [0.25, 0.3) is 33.1 Å². The van der Waals surface area contributed by atoms with E-state index in [1.807, 2.05) is 12.3 Å². The molecule has 0 atom stereocenters. The van der Waals surface area contributed by atoms with Gasteiger partial charge in [-0.15, -0.1) is 0 Å². The molecule has 0 aliphatic rings. The number of para-hydroxylation sites is 1. The Morgan fingerprint density at radius 3 is 2.84 bits per heavy atom. The lowest BCUT2D eigenvalue weighted by Gasteiger charge is -2.14. The summed E-state index contributed by atoms with van der Waals surface area (Å²) in [7, 11) is 0. The first kappa shape index (κ1) is 15.7. The van der Waals surface area contributed by atoms with E-state index in [0.29, 0.717) is 6.54 Å². The third-order valence-corrected chi connectivity index (χ3v) is 4.56. The molecule has 0 spiro atoms. The van der Waals surface area contributed by atoms with E-state index in [2.05, 4.69) is 64.7 Å². The second-order valence-electron chi connectivity index (χ2n) is 6.37. The van der Waals surface area contributed by atoms with Crippen molar-refractivity contribution in [2.45, 2.75) is 13.3 Å². The molecule has 126 valence electrons. The summed E-state index contributed by atoms with van der Waals surface area (Å²) in [5, 5.41) is 5.92. The minimum absolute atomic E-state index is 0.691.